The Morgan fingerprint density at radius 1 is 1.22 bits per heavy atom. The van der Waals surface area contributed by atoms with Gasteiger partial charge in [0.25, 0.3) is 11.8 Å². The summed E-state index contributed by atoms with van der Waals surface area (Å²) in [5.74, 6) is -0.601. The largest absolute Gasteiger partial charge is 0.366 e. The highest BCUT2D eigenvalue weighted by atomic mass is 35.5. The average molecular weight is 468 g/mol. The van der Waals surface area contributed by atoms with Gasteiger partial charge in [-0.15, -0.1) is 0 Å². The van der Waals surface area contributed by atoms with Crippen molar-refractivity contribution >= 4 is 58.2 Å². The summed E-state index contributed by atoms with van der Waals surface area (Å²) in [6, 6.07) is 13.0. The zero-order valence-electron chi connectivity index (χ0n) is 18.6. The molecule has 0 aliphatic carbocycles. The van der Waals surface area contributed by atoms with Crippen LogP contribution in [-0.2, 0) is 9.59 Å². The van der Waals surface area contributed by atoms with Gasteiger partial charge in [-0.2, -0.15) is 0 Å². The Morgan fingerprint density at radius 2 is 1.97 bits per heavy atom. The second-order valence-corrected chi connectivity index (χ2v) is 9.74. The molecule has 4 rings (SSSR count). The van der Waals surface area contributed by atoms with E-state index in [1.165, 1.54) is 16.2 Å². The molecule has 166 valence electrons. The van der Waals surface area contributed by atoms with Gasteiger partial charge in [0.05, 0.1) is 5.69 Å². The first kappa shape index (κ1) is 22.5. The summed E-state index contributed by atoms with van der Waals surface area (Å²) in [5.41, 5.74) is 3.87. The number of nitrogens with one attached hydrogen (secondary N) is 1. The Hall–Kier alpha value is -2.70. The van der Waals surface area contributed by atoms with Crippen molar-refractivity contribution in [2.75, 3.05) is 16.3 Å². The number of hydrogen-bond donors (Lipinski definition) is 1. The van der Waals surface area contributed by atoms with E-state index in [2.05, 4.69) is 50.0 Å². The molecule has 2 aliphatic rings. The topological polar surface area (TPSA) is 52.7 Å². The maximum Gasteiger partial charge on any atom is 0.270 e. The number of hydrogen-bond acceptors (Lipinski definition) is 4. The molecule has 2 aromatic rings. The molecule has 1 fully saturated rings. The predicted molar refractivity (Wildman–Crippen MR) is 134 cm³/mol. The molecule has 1 saturated heterocycles. The number of anilines is 2. The van der Waals surface area contributed by atoms with Crippen molar-refractivity contribution in [3.8, 4) is 0 Å². The number of carbonyl (C=O) groups is 2. The second-order valence-electron chi connectivity index (χ2n) is 8.92. The van der Waals surface area contributed by atoms with E-state index in [1.54, 1.807) is 30.3 Å². The maximum absolute atomic E-state index is 13.3. The predicted octanol–water partition coefficient (Wildman–Crippen LogP) is 5.28. The van der Waals surface area contributed by atoms with Gasteiger partial charge in [0.1, 0.15) is 5.57 Å². The Bertz CT molecular complexity index is 1160. The van der Waals surface area contributed by atoms with Crippen LogP contribution < -0.4 is 15.1 Å². The Labute approximate surface area is 199 Å². The van der Waals surface area contributed by atoms with Crippen LogP contribution in [0.1, 0.15) is 51.2 Å². The lowest BCUT2D eigenvalue weighted by molar-refractivity contribution is -0.122. The molecule has 0 unspecified atom stereocenters. The van der Waals surface area contributed by atoms with Crippen molar-refractivity contribution in [2.24, 2.45) is 0 Å². The highest BCUT2D eigenvalue weighted by Gasteiger charge is 2.36. The minimum absolute atomic E-state index is 0.0367. The minimum atomic E-state index is -0.500. The number of carbonyl (C=O) groups excluding carboxylic acids is 2. The molecule has 0 saturated carbocycles. The standard InChI is InChI=1S/C25H26ClN3O2S/c1-5-28-21-10-9-16(11-19(21)15(2)14-25(28,3)4)12-20-22(30)27-24(32)29(23(20)31)18-8-6-7-17(26)13-18/h6-13,15H,5,14H2,1-4H3,(H,27,30,32)/b20-12+/t15-/m1/s1. The highest BCUT2D eigenvalue weighted by molar-refractivity contribution is 7.80. The van der Waals surface area contributed by atoms with Gasteiger partial charge < -0.3 is 4.90 Å². The molecular weight excluding hydrogens is 442 g/mol. The van der Waals surface area contributed by atoms with Crippen molar-refractivity contribution in [2.45, 2.75) is 45.6 Å². The average Bonchev–Trinajstić information content (AvgIpc) is 2.71. The first-order chi connectivity index (χ1) is 15.1. The molecule has 32 heavy (non-hydrogen) atoms. The summed E-state index contributed by atoms with van der Waals surface area (Å²) in [5, 5.41) is 3.14. The van der Waals surface area contributed by atoms with Crippen LogP contribution in [0, 0.1) is 0 Å². The number of thiocarbonyl (C=S) groups is 1. The summed E-state index contributed by atoms with van der Waals surface area (Å²) in [6.07, 6.45) is 2.67. The zero-order valence-corrected chi connectivity index (χ0v) is 20.2. The molecule has 0 spiro atoms. The maximum atomic E-state index is 13.3. The molecule has 2 amide bonds. The van der Waals surface area contributed by atoms with Crippen LogP contribution in [0.25, 0.3) is 6.08 Å². The van der Waals surface area contributed by atoms with Crippen molar-refractivity contribution in [1.82, 2.24) is 5.32 Å². The lowest BCUT2D eigenvalue weighted by Gasteiger charge is -2.47. The molecule has 2 heterocycles. The van der Waals surface area contributed by atoms with Gasteiger partial charge in [0.15, 0.2) is 5.11 Å². The first-order valence-electron chi connectivity index (χ1n) is 10.7. The fraction of sp³-hybridized carbons (Fsp3) is 0.320. The van der Waals surface area contributed by atoms with E-state index in [4.69, 9.17) is 23.8 Å². The number of amides is 2. The highest BCUT2D eigenvalue weighted by Crippen LogP contribution is 2.43. The first-order valence-corrected chi connectivity index (χ1v) is 11.5. The van der Waals surface area contributed by atoms with E-state index < -0.39 is 11.8 Å². The number of fused-ring (bicyclic) bond motifs is 1. The Kier molecular flexibility index (Phi) is 5.86. The third-order valence-electron chi connectivity index (χ3n) is 6.21. The van der Waals surface area contributed by atoms with Crippen molar-refractivity contribution < 1.29 is 9.59 Å². The van der Waals surface area contributed by atoms with Crippen LogP contribution >= 0.6 is 23.8 Å². The summed E-state index contributed by atoms with van der Waals surface area (Å²) in [7, 11) is 0. The van der Waals surface area contributed by atoms with Crippen LogP contribution in [0.15, 0.2) is 48.0 Å². The molecule has 5 nitrogen and oxygen atoms in total. The van der Waals surface area contributed by atoms with E-state index in [-0.39, 0.29) is 16.2 Å². The summed E-state index contributed by atoms with van der Waals surface area (Å²) < 4.78 is 0. The van der Waals surface area contributed by atoms with E-state index in [0.717, 1.165) is 18.5 Å². The SMILES string of the molecule is CCN1c2ccc(/C=C3\C(=O)NC(=S)N(c4cccc(Cl)c4)C3=O)cc2[C@H](C)CC1(C)C. The molecule has 0 radical (unpaired) electrons. The van der Waals surface area contributed by atoms with Crippen LogP contribution in [0.3, 0.4) is 0 Å². The molecule has 7 heteroatoms. The fourth-order valence-corrected chi connectivity index (χ4v) is 5.34. The minimum Gasteiger partial charge on any atom is -0.366 e. The monoisotopic (exact) mass is 467 g/mol. The van der Waals surface area contributed by atoms with E-state index in [1.807, 2.05) is 6.07 Å². The van der Waals surface area contributed by atoms with Gasteiger partial charge in [-0.05, 0) is 92.9 Å². The number of halogens is 1. The summed E-state index contributed by atoms with van der Waals surface area (Å²) in [4.78, 5) is 29.6. The molecule has 1 atom stereocenters. The van der Waals surface area contributed by atoms with E-state index in [0.29, 0.717) is 16.6 Å². The molecule has 2 aromatic carbocycles. The van der Waals surface area contributed by atoms with Crippen molar-refractivity contribution in [3.63, 3.8) is 0 Å². The third kappa shape index (κ3) is 3.93. The summed E-state index contributed by atoms with van der Waals surface area (Å²) in [6.45, 7) is 9.84. The summed E-state index contributed by atoms with van der Waals surface area (Å²) >= 11 is 11.4. The van der Waals surface area contributed by atoms with Gasteiger partial charge >= 0.3 is 0 Å². The second kappa shape index (κ2) is 8.34. The zero-order chi connectivity index (χ0) is 23.2. The van der Waals surface area contributed by atoms with Gasteiger partial charge in [-0.1, -0.05) is 30.7 Å². The van der Waals surface area contributed by atoms with Gasteiger partial charge in [-0.3, -0.25) is 19.8 Å². The lowest BCUT2D eigenvalue weighted by atomic mass is 9.79. The third-order valence-corrected chi connectivity index (χ3v) is 6.72. The molecule has 2 aliphatic heterocycles. The smallest absolute Gasteiger partial charge is 0.270 e. The lowest BCUT2D eigenvalue weighted by Crippen LogP contribution is -2.54. The quantitative estimate of drug-likeness (QED) is 0.379. The van der Waals surface area contributed by atoms with Crippen LogP contribution in [0.5, 0.6) is 0 Å². The molecule has 1 N–H and O–H groups in total. The molecule has 0 bridgehead atoms. The van der Waals surface area contributed by atoms with Gasteiger partial charge in [0.2, 0.25) is 0 Å². The number of nitrogens with zero attached hydrogens (tertiary/aromatic N) is 2. The fourth-order valence-electron chi connectivity index (χ4n) is 4.87. The van der Waals surface area contributed by atoms with Crippen LogP contribution in [0.4, 0.5) is 11.4 Å². The Balaban J connectivity index is 1.73. The van der Waals surface area contributed by atoms with Crippen molar-refractivity contribution in [1.29, 1.82) is 0 Å². The number of benzene rings is 2. The van der Waals surface area contributed by atoms with Crippen LogP contribution in [0.2, 0.25) is 5.02 Å². The Morgan fingerprint density at radius 3 is 2.66 bits per heavy atom. The normalized spacial score (nSPS) is 21.6. The van der Waals surface area contributed by atoms with Gasteiger partial charge in [-0.25, -0.2) is 0 Å². The van der Waals surface area contributed by atoms with Gasteiger partial charge in [0, 0.05) is 22.8 Å². The number of rotatable bonds is 3. The van der Waals surface area contributed by atoms with E-state index in [9.17, 15) is 9.59 Å². The molecular formula is C25H26ClN3O2S. The van der Waals surface area contributed by atoms with Crippen LogP contribution in [-0.4, -0.2) is 29.0 Å². The molecule has 0 aromatic heterocycles. The van der Waals surface area contributed by atoms with Crippen molar-refractivity contribution in [3.05, 3.63) is 64.2 Å². The van der Waals surface area contributed by atoms with E-state index >= 15 is 0 Å².